The maximum atomic E-state index is 11.8. The smallest absolute Gasteiger partial charge is 0.236 e. The van der Waals surface area contributed by atoms with Gasteiger partial charge in [-0.15, -0.1) is 0 Å². The number of rotatable bonds is 7. The summed E-state index contributed by atoms with van der Waals surface area (Å²) in [6, 6.07) is 9.05. The molecule has 0 aliphatic heterocycles. The van der Waals surface area contributed by atoms with Gasteiger partial charge in [0, 0.05) is 13.6 Å². The van der Waals surface area contributed by atoms with E-state index in [9.17, 15) is 4.79 Å². The summed E-state index contributed by atoms with van der Waals surface area (Å²) in [5.74, 6) is 0.179. The Morgan fingerprint density at radius 3 is 2.45 bits per heavy atom. The second kappa shape index (κ2) is 7.77. The molecule has 3 nitrogen and oxygen atoms in total. The van der Waals surface area contributed by atoms with Crippen LogP contribution in [0.15, 0.2) is 24.3 Å². The van der Waals surface area contributed by atoms with Crippen molar-refractivity contribution in [2.45, 2.75) is 51.4 Å². The van der Waals surface area contributed by atoms with E-state index in [0.717, 1.165) is 19.5 Å². The topological polar surface area (TPSA) is 32.3 Å². The zero-order valence-electron chi connectivity index (χ0n) is 14.3. The third kappa shape index (κ3) is 4.10. The lowest BCUT2D eigenvalue weighted by Gasteiger charge is -2.30. The Kier molecular flexibility index (Phi) is 6.01. The minimum atomic E-state index is 0.179. The van der Waals surface area contributed by atoms with Crippen LogP contribution in [0, 0.1) is 6.92 Å². The summed E-state index contributed by atoms with van der Waals surface area (Å²) < 4.78 is 0. The average molecular weight is 302 g/mol. The molecule has 0 saturated heterocycles. The van der Waals surface area contributed by atoms with Gasteiger partial charge in [0.05, 0.1) is 6.54 Å². The molecule has 1 fully saturated rings. The lowest BCUT2D eigenvalue weighted by atomic mass is 9.76. The molecule has 2 rings (SSSR count). The predicted octanol–water partition coefficient (Wildman–Crippen LogP) is 3.26. The normalized spacial score (nSPS) is 16.7. The number of benzene rings is 1. The van der Waals surface area contributed by atoms with Crippen molar-refractivity contribution in [3.05, 3.63) is 35.4 Å². The van der Waals surface area contributed by atoms with E-state index in [1.165, 1.54) is 36.8 Å². The molecule has 1 aliphatic rings. The van der Waals surface area contributed by atoms with E-state index in [1.54, 1.807) is 4.90 Å². The molecule has 0 unspecified atom stereocenters. The van der Waals surface area contributed by atoms with Gasteiger partial charge < -0.3 is 10.2 Å². The standard InChI is InChI=1S/C19H30N2O/c1-4-21(3)18(22)15-20-14-13-19(11-5-6-12-19)17-9-7-16(2)8-10-17/h7-10,20H,4-6,11-15H2,1-3H3. The van der Waals surface area contributed by atoms with Gasteiger partial charge in [-0.3, -0.25) is 4.79 Å². The number of hydrogen-bond acceptors (Lipinski definition) is 2. The Balaban J connectivity index is 1.90. The van der Waals surface area contributed by atoms with E-state index in [1.807, 2.05) is 14.0 Å². The van der Waals surface area contributed by atoms with E-state index >= 15 is 0 Å². The summed E-state index contributed by atoms with van der Waals surface area (Å²) in [5.41, 5.74) is 3.12. The first-order valence-electron chi connectivity index (χ1n) is 8.59. The molecule has 1 aliphatic carbocycles. The van der Waals surface area contributed by atoms with E-state index in [-0.39, 0.29) is 5.91 Å². The maximum absolute atomic E-state index is 11.8. The summed E-state index contributed by atoms with van der Waals surface area (Å²) in [7, 11) is 1.86. The zero-order valence-corrected chi connectivity index (χ0v) is 14.3. The Labute approximate surface area is 135 Å². The summed E-state index contributed by atoms with van der Waals surface area (Å²) in [4.78, 5) is 13.6. The lowest BCUT2D eigenvalue weighted by molar-refractivity contribution is -0.128. The predicted molar refractivity (Wildman–Crippen MR) is 92.1 cm³/mol. The van der Waals surface area contributed by atoms with Crippen molar-refractivity contribution in [3.63, 3.8) is 0 Å². The number of nitrogens with zero attached hydrogens (tertiary/aromatic N) is 1. The number of amides is 1. The van der Waals surface area contributed by atoms with Crippen LogP contribution in [-0.2, 0) is 10.2 Å². The summed E-state index contributed by atoms with van der Waals surface area (Å²) in [5, 5.41) is 3.34. The molecule has 3 heteroatoms. The highest BCUT2D eigenvalue weighted by atomic mass is 16.2. The van der Waals surface area contributed by atoms with E-state index in [0.29, 0.717) is 12.0 Å². The number of aryl methyl sites for hydroxylation is 1. The Hall–Kier alpha value is -1.35. The Morgan fingerprint density at radius 1 is 1.23 bits per heavy atom. The molecular formula is C19H30N2O. The second-order valence-corrected chi connectivity index (χ2v) is 6.69. The van der Waals surface area contributed by atoms with Gasteiger partial charge in [-0.05, 0) is 50.6 Å². The first-order chi connectivity index (χ1) is 10.6. The van der Waals surface area contributed by atoms with Crippen LogP contribution in [0.2, 0.25) is 0 Å². The maximum Gasteiger partial charge on any atom is 0.236 e. The molecule has 1 saturated carbocycles. The summed E-state index contributed by atoms with van der Waals surface area (Å²) in [6.45, 7) is 6.28. The van der Waals surface area contributed by atoms with Crippen molar-refractivity contribution in [1.29, 1.82) is 0 Å². The number of nitrogens with one attached hydrogen (secondary N) is 1. The molecule has 0 bridgehead atoms. The fraction of sp³-hybridized carbons (Fsp3) is 0.632. The van der Waals surface area contributed by atoms with Crippen molar-refractivity contribution in [2.24, 2.45) is 0 Å². The molecule has 1 aromatic carbocycles. The van der Waals surface area contributed by atoms with Crippen molar-refractivity contribution < 1.29 is 4.79 Å². The van der Waals surface area contributed by atoms with Crippen LogP contribution in [0.3, 0.4) is 0 Å². The van der Waals surface area contributed by atoms with Gasteiger partial charge in [0.2, 0.25) is 5.91 Å². The largest absolute Gasteiger partial charge is 0.345 e. The van der Waals surface area contributed by atoms with Crippen molar-refractivity contribution in [2.75, 3.05) is 26.7 Å². The van der Waals surface area contributed by atoms with Gasteiger partial charge in [-0.25, -0.2) is 0 Å². The van der Waals surface area contributed by atoms with Crippen LogP contribution < -0.4 is 5.32 Å². The minimum absolute atomic E-state index is 0.179. The van der Waals surface area contributed by atoms with Crippen LogP contribution in [0.5, 0.6) is 0 Å². The zero-order chi connectivity index (χ0) is 16.0. The molecule has 0 aromatic heterocycles. The fourth-order valence-electron chi connectivity index (χ4n) is 3.48. The van der Waals surface area contributed by atoms with E-state index in [2.05, 4.69) is 36.5 Å². The fourth-order valence-corrected chi connectivity index (χ4v) is 3.48. The lowest BCUT2D eigenvalue weighted by Crippen LogP contribution is -2.37. The number of carbonyl (C=O) groups is 1. The second-order valence-electron chi connectivity index (χ2n) is 6.69. The summed E-state index contributed by atoms with van der Waals surface area (Å²) in [6.07, 6.45) is 6.33. The first-order valence-corrected chi connectivity index (χ1v) is 8.59. The minimum Gasteiger partial charge on any atom is -0.345 e. The van der Waals surface area contributed by atoms with Gasteiger partial charge in [0.15, 0.2) is 0 Å². The van der Waals surface area contributed by atoms with Gasteiger partial charge in [-0.1, -0.05) is 42.7 Å². The highest BCUT2D eigenvalue weighted by Crippen LogP contribution is 2.43. The van der Waals surface area contributed by atoms with Crippen LogP contribution in [0.25, 0.3) is 0 Å². The third-order valence-electron chi connectivity index (χ3n) is 5.18. The Morgan fingerprint density at radius 2 is 1.86 bits per heavy atom. The average Bonchev–Trinajstić information content (AvgIpc) is 3.01. The number of likely N-dealkylation sites (N-methyl/N-ethyl adjacent to an activating group) is 1. The highest BCUT2D eigenvalue weighted by Gasteiger charge is 2.34. The van der Waals surface area contributed by atoms with E-state index < -0.39 is 0 Å². The molecule has 122 valence electrons. The molecule has 0 radical (unpaired) electrons. The van der Waals surface area contributed by atoms with Crippen molar-refractivity contribution in [3.8, 4) is 0 Å². The van der Waals surface area contributed by atoms with Crippen LogP contribution in [0.4, 0.5) is 0 Å². The van der Waals surface area contributed by atoms with E-state index in [4.69, 9.17) is 0 Å². The quantitative estimate of drug-likeness (QED) is 0.784. The van der Waals surface area contributed by atoms with Crippen LogP contribution in [-0.4, -0.2) is 37.5 Å². The van der Waals surface area contributed by atoms with Gasteiger partial charge >= 0.3 is 0 Å². The molecule has 0 spiro atoms. The summed E-state index contributed by atoms with van der Waals surface area (Å²) >= 11 is 0. The molecular weight excluding hydrogens is 272 g/mol. The van der Waals surface area contributed by atoms with Crippen molar-refractivity contribution >= 4 is 5.91 Å². The van der Waals surface area contributed by atoms with Gasteiger partial charge in [0.25, 0.3) is 0 Å². The van der Waals surface area contributed by atoms with Gasteiger partial charge in [-0.2, -0.15) is 0 Å². The molecule has 1 amide bonds. The highest BCUT2D eigenvalue weighted by molar-refractivity contribution is 5.77. The van der Waals surface area contributed by atoms with Crippen LogP contribution in [0.1, 0.15) is 50.2 Å². The number of carbonyl (C=O) groups excluding carboxylic acids is 1. The van der Waals surface area contributed by atoms with Crippen molar-refractivity contribution in [1.82, 2.24) is 10.2 Å². The molecule has 0 atom stereocenters. The third-order valence-corrected chi connectivity index (χ3v) is 5.18. The molecule has 1 N–H and O–H groups in total. The molecule has 22 heavy (non-hydrogen) atoms. The monoisotopic (exact) mass is 302 g/mol. The SMILES string of the molecule is CCN(C)C(=O)CNCCC1(c2ccc(C)cc2)CCCC1. The Bertz CT molecular complexity index is 475. The first kappa shape index (κ1) is 17.0. The number of hydrogen-bond donors (Lipinski definition) is 1. The molecule has 0 heterocycles. The van der Waals surface area contributed by atoms with Gasteiger partial charge in [0.1, 0.15) is 0 Å². The van der Waals surface area contributed by atoms with Crippen LogP contribution >= 0.6 is 0 Å². The molecule has 1 aromatic rings.